The van der Waals surface area contributed by atoms with Gasteiger partial charge in [0.1, 0.15) is 11.6 Å². The first-order valence-electron chi connectivity index (χ1n) is 16.3. The highest BCUT2D eigenvalue weighted by Gasteiger charge is 2.55. The minimum atomic E-state index is -0.926. The highest BCUT2D eigenvalue weighted by atomic mass is 16.6. The lowest BCUT2D eigenvalue weighted by atomic mass is 9.73. The summed E-state index contributed by atoms with van der Waals surface area (Å²) < 4.78 is 16.4. The van der Waals surface area contributed by atoms with Crippen molar-refractivity contribution in [3.8, 4) is 11.5 Å². The number of fused-ring (bicyclic) bond motifs is 6. The third-order valence-electron chi connectivity index (χ3n) is 10.1. The highest BCUT2D eigenvalue weighted by Crippen LogP contribution is 2.52. The van der Waals surface area contributed by atoms with Gasteiger partial charge < -0.3 is 30.0 Å². The molecule has 1 aliphatic carbocycles. The van der Waals surface area contributed by atoms with Gasteiger partial charge in [0.2, 0.25) is 11.7 Å². The molecule has 47 heavy (non-hydrogen) atoms. The molecule has 12 heteroatoms. The van der Waals surface area contributed by atoms with Gasteiger partial charge in [-0.05, 0) is 85.9 Å². The number of ketones is 2. The van der Waals surface area contributed by atoms with Crippen LogP contribution in [-0.2, 0) is 30.3 Å². The van der Waals surface area contributed by atoms with Crippen molar-refractivity contribution in [3.05, 3.63) is 45.2 Å². The topological polar surface area (TPSA) is 147 Å². The van der Waals surface area contributed by atoms with Crippen LogP contribution in [0.2, 0.25) is 0 Å². The molecule has 256 valence electrons. The Morgan fingerprint density at radius 2 is 1.79 bits per heavy atom. The number of nitrogens with one attached hydrogen (secondary N) is 2. The molecule has 1 unspecified atom stereocenters. The van der Waals surface area contributed by atoms with Gasteiger partial charge in [0.25, 0.3) is 0 Å². The molecule has 1 aromatic rings. The lowest BCUT2D eigenvalue weighted by Crippen LogP contribution is -2.69. The Morgan fingerprint density at radius 1 is 1.11 bits per heavy atom. The first kappa shape index (κ1) is 34.4. The standard InChI is InChI=1S/C35H48N4O8/c1-16-13-20-11-12-22-19(4)39-23(27(38(22)8)25(20)29(41)31(16)45-9)14-21-26(30(42)32(46-10)17(2)28(21)40)24(39)15-36-33(43)18(3)37-34(44)47-35(5,6)7/h13,18-19,22-24,27,41H,11-12,14-15H2,1-10H3,(H,36,43)(H,37,44)/t18-,19-,22-,23?,24-,27-/m0/s1. The Bertz CT molecular complexity index is 1570. The Hall–Kier alpha value is -3.90. The van der Waals surface area contributed by atoms with Crippen molar-refractivity contribution in [2.24, 2.45) is 0 Å². The summed E-state index contributed by atoms with van der Waals surface area (Å²) in [4.78, 5) is 58.3. The molecule has 3 N–H and O–H groups in total. The van der Waals surface area contributed by atoms with Gasteiger partial charge in [-0.1, -0.05) is 6.07 Å². The lowest BCUT2D eigenvalue weighted by Gasteiger charge is -2.58. The zero-order chi connectivity index (χ0) is 34.7. The molecular weight excluding hydrogens is 604 g/mol. The maximum atomic E-state index is 14.1. The number of allylic oxidation sites excluding steroid dienone is 2. The zero-order valence-corrected chi connectivity index (χ0v) is 29.1. The normalized spacial score (nSPS) is 26.9. The number of aryl methyl sites for hydroxylation is 2. The number of ether oxygens (including phenoxy) is 3. The van der Waals surface area contributed by atoms with Crippen LogP contribution in [-0.4, -0.2) is 102 Å². The second-order valence-electron chi connectivity index (χ2n) is 14.2. The van der Waals surface area contributed by atoms with Crippen molar-refractivity contribution in [1.82, 2.24) is 20.4 Å². The van der Waals surface area contributed by atoms with Gasteiger partial charge in [-0.3, -0.25) is 24.2 Å². The molecule has 12 nitrogen and oxygen atoms in total. The number of rotatable bonds is 6. The number of carbonyl (C=O) groups excluding carboxylic acids is 4. The predicted molar refractivity (Wildman–Crippen MR) is 174 cm³/mol. The smallest absolute Gasteiger partial charge is 0.408 e. The van der Waals surface area contributed by atoms with Crippen molar-refractivity contribution in [2.45, 2.75) is 110 Å². The van der Waals surface area contributed by atoms with Crippen LogP contribution in [0.4, 0.5) is 4.79 Å². The first-order chi connectivity index (χ1) is 22.0. The number of phenols is 1. The molecular formula is C35H48N4O8. The van der Waals surface area contributed by atoms with E-state index < -0.39 is 29.7 Å². The fourth-order valence-corrected chi connectivity index (χ4v) is 8.17. The summed E-state index contributed by atoms with van der Waals surface area (Å²) in [5.74, 6) is -0.581. The minimum absolute atomic E-state index is 0.00545. The van der Waals surface area contributed by atoms with E-state index in [4.69, 9.17) is 14.2 Å². The molecule has 0 radical (unpaired) electrons. The summed E-state index contributed by atoms with van der Waals surface area (Å²) in [6, 6.07) is -0.238. The third kappa shape index (κ3) is 5.90. The van der Waals surface area contributed by atoms with Gasteiger partial charge in [0, 0.05) is 47.0 Å². The van der Waals surface area contributed by atoms with E-state index in [1.165, 1.54) is 14.2 Å². The van der Waals surface area contributed by atoms with Crippen LogP contribution in [0.1, 0.15) is 77.1 Å². The fourth-order valence-electron chi connectivity index (χ4n) is 8.17. The number of alkyl carbamates (subject to hydrolysis) is 1. The number of aromatic hydroxyl groups is 1. The third-order valence-corrected chi connectivity index (χ3v) is 10.1. The average Bonchev–Trinajstić information content (AvgIpc) is 3.09. The fraction of sp³-hybridized carbons (Fsp3) is 0.600. The van der Waals surface area contributed by atoms with Crippen LogP contribution in [0.25, 0.3) is 0 Å². The molecule has 4 aliphatic rings. The average molecular weight is 653 g/mol. The Balaban J connectivity index is 1.58. The van der Waals surface area contributed by atoms with Crippen molar-refractivity contribution < 1.29 is 38.5 Å². The summed E-state index contributed by atoms with van der Waals surface area (Å²) >= 11 is 0. The van der Waals surface area contributed by atoms with E-state index in [1.807, 2.05) is 6.92 Å². The van der Waals surface area contributed by atoms with E-state index >= 15 is 0 Å². The number of nitrogens with zero attached hydrogens (tertiary/aromatic N) is 2. The SMILES string of the molecule is COC1=C(C)C(=O)C2=C(C1=O)[C@H](CNC(=O)[C@H](C)NC(=O)OC(C)(C)C)N1C(C2)[C@H]2c3c(cc(C)c(OC)c3O)CC[C@@H]([C@@H]1C)N2C. The van der Waals surface area contributed by atoms with Gasteiger partial charge in [0.05, 0.1) is 26.3 Å². The quantitative estimate of drug-likeness (QED) is 0.392. The van der Waals surface area contributed by atoms with E-state index in [0.29, 0.717) is 16.9 Å². The molecule has 0 saturated carbocycles. The number of hydrogen-bond donors (Lipinski definition) is 3. The van der Waals surface area contributed by atoms with E-state index in [1.54, 1.807) is 34.6 Å². The number of benzene rings is 1. The largest absolute Gasteiger partial charge is 0.504 e. The van der Waals surface area contributed by atoms with Gasteiger partial charge in [0.15, 0.2) is 23.0 Å². The van der Waals surface area contributed by atoms with Gasteiger partial charge in [-0.15, -0.1) is 0 Å². The Labute approximate surface area is 276 Å². The molecule has 0 spiro atoms. The molecule has 1 aromatic carbocycles. The number of methoxy groups -OCH3 is 2. The minimum Gasteiger partial charge on any atom is -0.504 e. The van der Waals surface area contributed by atoms with Crippen molar-refractivity contribution in [3.63, 3.8) is 0 Å². The van der Waals surface area contributed by atoms with Crippen LogP contribution in [0.15, 0.2) is 28.5 Å². The summed E-state index contributed by atoms with van der Waals surface area (Å²) in [5, 5.41) is 17.2. The van der Waals surface area contributed by atoms with Crippen LogP contribution < -0.4 is 15.4 Å². The summed E-state index contributed by atoms with van der Waals surface area (Å²) in [7, 11) is 4.97. The number of likely N-dealkylation sites (N-methyl/N-ethyl adjacent to an activating group) is 1. The van der Waals surface area contributed by atoms with E-state index in [9.17, 15) is 24.3 Å². The number of piperazine rings is 1. The van der Waals surface area contributed by atoms with E-state index in [0.717, 1.165) is 29.5 Å². The molecule has 2 amide bonds. The van der Waals surface area contributed by atoms with Crippen LogP contribution >= 0.6 is 0 Å². The monoisotopic (exact) mass is 652 g/mol. The summed E-state index contributed by atoms with van der Waals surface area (Å²) in [5.41, 5.74) is 2.88. The van der Waals surface area contributed by atoms with Crippen LogP contribution in [0, 0.1) is 6.92 Å². The highest BCUT2D eigenvalue weighted by molar-refractivity contribution is 6.25. The molecule has 3 aliphatic heterocycles. The van der Waals surface area contributed by atoms with E-state index in [-0.39, 0.29) is 65.8 Å². The molecule has 1 fully saturated rings. The molecule has 1 saturated heterocycles. The van der Waals surface area contributed by atoms with Crippen molar-refractivity contribution in [1.29, 1.82) is 0 Å². The lowest BCUT2D eigenvalue weighted by molar-refractivity contribution is -0.125. The van der Waals surface area contributed by atoms with Gasteiger partial charge in [-0.2, -0.15) is 0 Å². The Morgan fingerprint density at radius 3 is 2.40 bits per heavy atom. The molecule has 3 heterocycles. The van der Waals surface area contributed by atoms with Crippen LogP contribution in [0.3, 0.4) is 0 Å². The number of phenolic OH excluding ortho intramolecular Hbond substituents is 1. The number of Topliss-reactive ketones (excluding diaryl/α,β-unsaturated/α-hetero) is 2. The maximum absolute atomic E-state index is 14.1. The van der Waals surface area contributed by atoms with Gasteiger partial charge in [-0.25, -0.2) is 4.79 Å². The van der Waals surface area contributed by atoms with Crippen molar-refractivity contribution >= 4 is 23.6 Å². The summed E-state index contributed by atoms with van der Waals surface area (Å²) in [6.07, 6.45) is 1.09. The first-order valence-corrected chi connectivity index (χ1v) is 16.3. The molecule has 2 bridgehead atoms. The second-order valence-corrected chi connectivity index (χ2v) is 14.2. The number of hydrogen-bond acceptors (Lipinski definition) is 10. The van der Waals surface area contributed by atoms with Gasteiger partial charge >= 0.3 is 6.09 Å². The maximum Gasteiger partial charge on any atom is 0.408 e. The van der Waals surface area contributed by atoms with Crippen molar-refractivity contribution in [2.75, 3.05) is 27.8 Å². The molecule has 5 rings (SSSR count). The summed E-state index contributed by atoms with van der Waals surface area (Å²) in [6.45, 7) is 12.4. The molecule has 0 aromatic heterocycles. The zero-order valence-electron chi connectivity index (χ0n) is 29.1. The second kappa shape index (κ2) is 12.6. The number of amides is 2. The van der Waals surface area contributed by atoms with Crippen LogP contribution in [0.5, 0.6) is 11.5 Å². The Kier molecular flexibility index (Phi) is 9.24. The van der Waals surface area contributed by atoms with E-state index in [2.05, 4.69) is 40.5 Å². The molecule has 6 atom stereocenters. The predicted octanol–water partition coefficient (Wildman–Crippen LogP) is 3.24. The number of carbonyl (C=O) groups is 4.